The molecule has 0 aromatic carbocycles. The summed E-state index contributed by atoms with van der Waals surface area (Å²) in [6, 6.07) is 0. The molecule has 1 atom stereocenters. The first-order valence-electron chi connectivity index (χ1n) is 9.07. The van der Waals surface area contributed by atoms with Gasteiger partial charge in [0.05, 0.1) is 0 Å². The average molecular weight is 308 g/mol. The molecule has 0 aliphatic heterocycles. The van der Waals surface area contributed by atoms with Crippen LogP contribution in [-0.2, 0) is 4.79 Å². The van der Waals surface area contributed by atoms with Gasteiger partial charge in [-0.25, -0.2) is 0 Å². The summed E-state index contributed by atoms with van der Waals surface area (Å²) in [7, 11) is 0. The second kappa shape index (κ2) is 13.6. The summed E-state index contributed by atoms with van der Waals surface area (Å²) in [5.41, 5.74) is 0. The van der Waals surface area contributed by atoms with E-state index in [2.05, 4.69) is 46.8 Å². The number of hydrogen-bond donors (Lipinski definition) is 0. The van der Waals surface area contributed by atoms with Crippen molar-refractivity contribution in [3.8, 4) is 0 Å². The Bertz CT molecular complexity index is 257. The van der Waals surface area contributed by atoms with Crippen LogP contribution in [0.4, 0.5) is 0 Å². The van der Waals surface area contributed by atoms with Gasteiger partial charge in [-0.2, -0.15) is 0 Å². The van der Waals surface area contributed by atoms with Crippen molar-refractivity contribution in [3.05, 3.63) is 12.2 Å². The molecule has 21 heavy (non-hydrogen) atoms. The van der Waals surface area contributed by atoms with E-state index in [-0.39, 0.29) is 0 Å². The highest BCUT2D eigenvalue weighted by molar-refractivity contribution is 6.35. The molecule has 0 N–H and O–H groups in total. The maximum Gasteiger partial charge on any atom is 0.237 e. The van der Waals surface area contributed by atoms with Crippen molar-refractivity contribution < 1.29 is 4.79 Å². The van der Waals surface area contributed by atoms with Gasteiger partial charge in [0.15, 0.2) is 0 Å². The van der Waals surface area contributed by atoms with Gasteiger partial charge in [-0.1, -0.05) is 82.0 Å². The van der Waals surface area contributed by atoms with Crippen molar-refractivity contribution in [1.82, 2.24) is 0 Å². The summed E-state index contributed by atoms with van der Waals surface area (Å²) in [5, 5.41) is 3.08. The van der Waals surface area contributed by atoms with Crippen LogP contribution in [0.15, 0.2) is 12.2 Å². The first-order valence-corrected chi connectivity index (χ1v) is 11.1. The van der Waals surface area contributed by atoms with Crippen LogP contribution in [-0.4, -0.2) is 21.5 Å². The van der Waals surface area contributed by atoms with Gasteiger partial charge in [-0.05, 0) is 24.7 Å². The van der Waals surface area contributed by atoms with E-state index in [4.69, 9.17) is 0 Å². The summed E-state index contributed by atoms with van der Waals surface area (Å²) >= 11 is 0.316. The first-order chi connectivity index (χ1) is 9.95. The van der Waals surface area contributed by atoms with Crippen LogP contribution < -0.4 is 0 Å². The maximum atomic E-state index is 10.2. The molecule has 1 saturated carbocycles. The van der Waals surface area contributed by atoms with E-state index >= 15 is 0 Å². The fourth-order valence-electron chi connectivity index (χ4n) is 2.66. The lowest BCUT2D eigenvalue weighted by Gasteiger charge is -2.03. The lowest BCUT2D eigenvalue weighted by molar-refractivity contribution is -0.108. The maximum absolute atomic E-state index is 10.2. The minimum atomic E-state index is 0.316. The third kappa shape index (κ3) is 14.6. The highest BCUT2D eigenvalue weighted by atomic mass is 27.1. The second-order valence-electron chi connectivity index (χ2n) is 7.53. The predicted molar refractivity (Wildman–Crippen MR) is 97.4 cm³/mol. The summed E-state index contributed by atoms with van der Waals surface area (Å²) in [5.74, 6) is 3.15. The molecule has 0 aromatic heterocycles. The molecule has 1 nitrogen and oxygen atoms in total. The molecule has 0 amide bonds. The van der Waals surface area contributed by atoms with E-state index in [1.165, 1.54) is 36.2 Å². The van der Waals surface area contributed by atoms with Crippen LogP contribution in [0.25, 0.3) is 0 Å². The van der Waals surface area contributed by atoms with Gasteiger partial charge < -0.3 is 4.79 Å². The van der Waals surface area contributed by atoms with Crippen LogP contribution in [0.5, 0.6) is 0 Å². The molecule has 2 heteroatoms. The van der Waals surface area contributed by atoms with Crippen LogP contribution >= 0.6 is 0 Å². The second-order valence-corrected chi connectivity index (χ2v) is 9.39. The fraction of sp³-hybridized carbons (Fsp3) is 0.842. The Balaban J connectivity index is 0.000000400. The molecule has 1 rings (SSSR count). The van der Waals surface area contributed by atoms with E-state index < -0.39 is 0 Å². The predicted octanol–water partition coefficient (Wildman–Crippen LogP) is 5.53. The standard InChI is InChI=1S/C11H18O.2C4H9.Al.H/c1-10(8-9-12)6-7-11-4-2-3-5-11;2*1-4(2)3;;/h6-7,9-11H,2-5,8H2,1H3;2*4H,1H2,2-3H3;;. The molecule has 1 fully saturated rings. The first kappa shape index (κ1) is 20.9. The Morgan fingerprint density at radius 2 is 1.52 bits per heavy atom. The summed E-state index contributed by atoms with van der Waals surface area (Å²) in [6.07, 6.45) is 11.7. The number of carbonyl (C=O) groups is 1. The third-order valence-corrected chi connectivity index (χ3v) is 7.27. The highest BCUT2D eigenvalue weighted by Crippen LogP contribution is 2.26. The van der Waals surface area contributed by atoms with E-state index in [1.54, 1.807) is 0 Å². The molecular weight excluding hydrogens is 271 g/mol. The Labute approximate surface area is 139 Å². The van der Waals surface area contributed by atoms with E-state index in [0.717, 1.165) is 24.0 Å². The molecule has 0 bridgehead atoms. The van der Waals surface area contributed by atoms with E-state index in [0.29, 0.717) is 27.6 Å². The molecule has 1 unspecified atom stereocenters. The van der Waals surface area contributed by atoms with Crippen molar-refractivity contribution in [2.75, 3.05) is 0 Å². The van der Waals surface area contributed by atoms with Crippen LogP contribution in [0, 0.1) is 23.7 Å². The summed E-state index contributed by atoms with van der Waals surface area (Å²) in [4.78, 5) is 10.2. The summed E-state index contributed by atoms with van der Waals surface area (Å²) < 4.78 is 0. The largest absolute Gasteiger partial charge is 0.303 e. The number of carbonyl (C=O) groups excluding carboxylic acids is 1. The molecule has 1 aliphatic rings. The van der Waals surface area contributed by atoms with Crippen molar-refractivity contribution in [3.63, 3.8) is 0 Å². The Morgan fingerprint density at radius 3 is 1.95 bits per heavy atom. The molecule has 122 valence electrons. The van der Waals surface area contributed by atoms with E-state index in [9.17, 15) is 4.79 Å². The molecule has 0 heterocycles. The van der Waals surface area contributed by atoms with Crippen molar-refractivity contribution in [2.24, 2.45) is 23.7 Å². The van der Waals surface area contributed by atoms with Crippen molar-refractivity contribution in [1.29, 1.82) is 0 Å². The van der Waals surface area contributed by atoms with Crippen LogP contribution in [0.2, 0.25) is 10.6 Å². The minimum Gasteiger partial charge on any atom is -0.303 e. The van der Waals surface area contributed by atoms with Gasteiger partial charge in [0, 0.05) is 6.42 Å². The smallest absolute Gasteiger partial charge is 0.237 e. The zero-order valence-electron chi connectivity index (χ0n) is 15.1. The van der Waals surface area contributed by atoms with Gasteiger partial charge in [0.1, 0.15) is 6.29 Å². The van der Waals surface area contributed by atoms with E-state index in [1.807, 2.05) is 0 Å². The number of allylic oxidation sites excluding steroid dienone is 2. The van der Waals surface area contributed by atoms with Gasteiger partial charge in [-0.3, -0.25) is 0 Å². The van der Waals surface area contributed by atoms with Crippen molar-refractivity contribution in [2.45, 2.75) is 77.3 Å². The zero-order chi connectivity index (χ0) is 16.1. The molecular formula is C19H37AlO. The Hall–Kier alpha value is -0.0575. The molecule has 1 aliphatic carbocycles. The van der Waals surface area contributed by atoms with Gasteiger partial charge in [0.25, 0.3) is 0 Å². The Morgan fingerprint density at radius 1 is 1.00 bits per heavy atom. The Kier molecular flexibility index (Phi) is 13.6. The molecule has 0 aromatic rings. The number of aldehydes is 1. The van der Waals surface area contributed by atoms with Crippen LogP contribution in [0.3, 0.4) is 0 Å². The van der Waals surface area contributed by atoms with Gasteiger partial charge in [-0.15, -0.1) is 0 Å². The number of hydrogen-bond acceptors (Lipinski definition) is 1. The monoisotopic (exact) mass is 308 g/mol. The molecule has 0 saturated heterocycles. The quantitative estimate of drug-likeness (QED) is 0.327. The van der Waals surface area contributed by atoms with Crippen LogP contribution in [0.1, 0.15) is 66.7 Å². The number of rotatable bonds is 8. The zero-order valence-corrected chi connectivity index (χ0v) is 16.5. The van der Waals surface area contributed by atoms with Gasteiger partial charge >= 0.3 is 0 Å². The molecule has 0 radical (unpaired) electrons. The highest BCUT2D eigenvalue weighted by Gasteiger charge is 2.11. The van der Waals surface area contributed by atoms with Gasteiger partial charge in [0.2, 0.25) is 15.2 Å². The SMILES string of the molecule is CC(C)[CH2][AlH][CH2]C(C)C.CC(C=CC1CCCC1)CC=O. The molecule has 0 spiro atoms. The van der Waals surface area contributed by atoms with Crippen molar-refractivity contribution >= 4 is 21.5 Å². The fourth-order valence-corrected chi connectivity index (χ4v) is 4.53. The minimum absolute atomic E-state index is 0.316. The lowest BCUT2D eigenvalue weighted by atomic mass is 10.0. The third-order valence-electron chi connectivity index (χ3n) is 4.14. The summed E-state index contributed by atoms with van der Waals surface area (Å²) in [6.45, 7) is 11.4. The lowest BCUT2D eigenvalue weighted by Crippen LogP contribution is -1.99. The normalized spacial score (nSPS) is 17.1. The average Bonchev–Trinajstić information content (AvgIpc) is 2.89. The topological polar surface area (TPSA) is 17.1 Å².